The van der Waals surface area contributed by atoms with Gasteiger partial charge in [0.2, 0.25) is 0 Å². The summed E-state index contributed by atoms with van der Waals surface area (Å²) >= 11 is 0. The van der Waals surface area contributed by atoms with Gasteiger partial charge in [-0.15, -0.1) is 0 Å². The number of hydrogen-bond acceptors (Lipinski definition) is 5. The van der Waals surface area contributed by atoms with Crippen molar-refractivity contribution >= 4 is 11.9 Å². The van der Waals surface area contributed by atoms with Crippen molar-refractivity contribution in [2.75, 3.05) is 6.54 Å². The zero-order valence-electron chi connectivity index (χ0n) is 14.3. The van der Waals surface area contributed by atoms with Crippen molar-refractivity contribution in [1.82, 2.24) is 4.90 Å². The number of hydrogen-bond donors (Lipinski definition) is 2. The van der Waals surface area contributed by atoms with Gasteiger partial charge in [-0.3, -0.25) is 4.90 Å². The van der Waals surface area contributed by atoms with E-state index in [1.54, 1.807) is 20.8 Å². The maximum atomic E-state index is 12.4. The van der Waals surface area contributed by atoms with Gasteiger partial charge in [-0.05, 0) is 26.3 Å². The van der Waals surface area contributed by atoms with Crippen molar-refractivity contribution in [3.05, 3.63) is 35.9 Å². The van der Waals surface area contributed by atoms with Gasteiger partial charge in [0.25, 0.3) is 0 Å². The van der Waals surface area contributed by atoms with Crippen LogP contribution in [-0.2, 0) is 16.1 Å². The van der Waals surface area contributed by atoms with E-state index >= 15 is 0 Å². The minimum atomic E-state index is -0.615. The molecule has 1 amide bonds. The highest BCUT2D eigenvalue weighted by Crippen LogP contribution is 2.24. The van der Waals surface area contributed by atoms with E-state index in [1.807, 2.05) is 30.3 Å². The Bertz CT molecular complexity index is 583. The molecule has 0 aromatic heterocycles. The van der Waals surface area contributed by atoms with Crippen LogP contribution in [0, 0.1) is 0 Å². The summed E-state index contributed by atoms with van der Waals surface area (Å²) in [5, 5.41) is 12.0. The zero-order chi connectivity index (χ0) is 17.7. The van der Waals surface area contributed by atoms with Crippen LogP contribution in [0.15, 0.2) is 35.5 Å². The maximum absolute atomic E-state index is 12.4. The Morgan fingerprint density at radius 1 is 1.38 bits per heavy atom. The first-order valence-electron chi connectivity index (χ1n) is 7.92. The first-order valence-corrected chi connectivity index (χ1v) is 7.92. The molecule has 2 rings (SSSR count). The highest BCUT2D eigenvalue weighted by atomic mass is 16.6. The summed E-state index contributed by atoms with van der Waals surface area (Å²) in [6.07, 6.45) is -0.241. The van der Waals surface area contributed by atoms with Crippen LogP contribution in [0.5, 0.6) is 0 Å². The maximum Gasteiger partial charge on any atom is 0.411 e. The van der Waals surface area contributed by atoms with E-state index in [-0.39, 0.29) is 11.9 Å². The Morgan fingerprint density at radius 3 is 2.62 bits per heavy atom. The number of carbonyl (C=O) groups is 1. The van der Waals surface area contributed by atoms with Crippen LogP contribution in [0.3, 0.4) is 0 Å². The first-order chi connectivity index (χ1) is 11.3. The molecule has 24 heavy (non-hydrogen) atoms. The summed E-state index contributed by atoms with van der Waals surface area (Å²) in [6.45, 7) is 6.16. The predicted molar refractivity (Wildman–Crippen MR) is 89.8 cm³/mol. The third-order valence-corrected chi connectivity index (χ3v) is 3.68. The number of amides is 1. The van der Waals surface area contributed by atoms with Crippen molar-refractivity contribution in [2.45, 2.75) is 51.5 Å². The lowest BCUT2D eigenvalue weighted by Crippen LogP contribution is -2.46. The predicted octanol–water partition coefficient (Wildman–Crippen LogP) is 2.33. The number of nitrogens with zero attached hydrogens (tertiary/aromatic N) is 2. The number of ether oxygens (including phenoxy) is 2. The average Bonchev–Trinajstić information content (AvgIpc) is 2.96. The minimum absolute atomic E-state index is 0.0216. The number of benzene rings is 1. The Balaban J connectivity index is 2.02. The van der Waals surface area contributed by atoms with Crippen LogP contribution in [-0.4, -0.2) is 46.3 Å². The van der Waals surface area contributed by atoms with Gasteiger partial charge in [0.15, 0.2) is 5.84 Å². The van der Waals surface area contributed by atoms with Crippen LogP contribution in [0.25, 0.3) is 0 Å². The van der Waals surface area contributed by atoms with E-state index in [4.69, 9.17) is 20.4 Å². The number of rotatable bonds is 4. The average molecular weight is 335 g/mol. The standard InChI is InChI=1S/C17H25N3O4/c1-17(2,3)24-16(21)20-10-13(9-14(20)15(18)19-22)23-11-12-7-5-4-6-8-12/h4-8,13-14,22H,9-11H2,1-3H3,(H2,18,19)/t13-,14+/m1/s1. The number of nitrogens with two attached hydrogens (primary N) is 1. The molecular weight excluding hydrogens is 310 g/mol. The summed E-state index contributed by atoms with van der Waals surface area (Å²) in [5.74, 6) is -0.0216. The molecule has 1 aromatic carbocycles. The van der Waals surface area contributed by atoms with Crippen molar-refractivity contribution in [2.24, 2.45) is 10.9 Å². The van der Waals surface area contributed by atoms with Crippen LogP contribution in [0.4, 0.5) is 4.79 Å². The van der Waals surface area contributed by atoms with Gasteiger partial charge in [-0.25, -0.2) is 4.79 Å². The molecule has 0 unspecified atom stereocenters. The van der Waals surface area contributed by atoms with E-state index in [9.17, 15) is 4.79 Å². The number of oxime groups is 1. The summed E-state index contributed by atoms with van der Waals surface area (Å²) in [6, 6.07) is 9.24. The SMILES string of the molecule is CC(C)(C)OC(=O)N1C[C@H](OCc2ccccc2)C[C@H]1/C(N)=N/O. The number of carbonyl (C=O) groups excluding carboxylic acids is 1. The fourth-order valence-electron chi connectivity index (χ4n) is 2.58. The molecule has 1 aliphatic heterocycles. The largest absolute Gasteiger partial charge is 0.444 e. The van der Waals surface area contributed by atoms with Crippen LogP contribution < -0.4 is 5.73 Å². The van der Waals surface area contributed by atoms with Gasteiger partial charge in [-0.1, -0.05) is 35.5 Å². The van der Waals surface area contributed by atoms with E-state index in [1.165, 1.54) is 4.90 Å². The lowest BCUT2D eigenvalue weighted by atomic mass is 10.2. The first kappa shape index (κ1) is 18.1. The number of amidine groups is 1. The number of likely N-dealkylation sites (tertiary alicyclic amines) is 1. The lowest BCUT2D eigenvalue weighted by molar-refractivity contribution is 0.0169. The minimum Gasteiger partial charge on any atom is -0.444 e. The fourth-order valence-corrected chi connectivity index (χ4v) is 2.58. The molecule has 0 saturated carbocycles. The molecule has 1 heterocycles. The van der Waals surface area contributed by atoms with Gasteiger partial charge in [-0.2, -0.15) is 0 Å². The molecule has 0 spiro atoms. The molecule has 1 fully saturated rings. The van der Waals surface area contributed by atoms with Gasteiger partial charge >= 0.3 is 6.09 Å². The molecular formula is C17H25N3O4. The normalized spacial score (nSPS) is 21.8. The van der Waals surface area contributed by atoms with Crippen molar-refractivity contribution < 1.29 is 19.5 Å². The van der Waals surface area contributed by atoms with Crippen molar-refractivity contribution in [3.8, 4) is 0 Å². The summed E-state index contributed by atoms with van der Waals surface area (Å²) in [4.78, 5) is 13.8. The van der Waals surface area contributed by atoms with Crippen LogP contribution >= 0.6 is 0 Å². The molecule has 0 bridgehead atoms. The topological polar surface area (TPSA) is 97.4 Å². The van der Waals surface area contributed by atoms with E-state index in [2.05, 4.69) is 5.16 Å². The molecule has 1 aromatic rings. The Labute approximate surface area is 142 Å². The van der Waals surface area contributed by atoms with E-state index in [0.717, 1.165) is 5.56 Å². The van der Waals surface area contributed by atoms with Gasteiger partial charge < -0.3 is 20.4 Å². The quantitative estimate of drug-likeness (QED) is 0.381. The van der Waals surface area contributed by atoms with Crippen LogP contribution in [0.2, 0.25) is 0 Å². The highest BCUT2D eigenvalue weighted by Gasteiger charge is 2.40. The molecule has 0 aliphatic carbocycles. The highest BCUT2D eigenvalue weighted by molar-refractivity contribution is 5.89. The smallest absolute Gasteiger partial charge is 0.411 e. The third-order valence-electron chi connectivity index (χ3n) is 3.68. The molecule has 7 heteroatoms. The summed E-state index contributed by atoms with van der Waals surface area (Å²) in [5.41, 5.74) is 6.17. The molecule has 7 nitrogen and oxygen atoms in total. The second-order valence-electron chi connectivity index (χ2n) is 6.83. The molecule has 0 radical (unpaired) electrons. The Morgan fingerprint density at radius 2 is 2.04 bits per heavy atom. The molecule has 1 aliphatic rings. The molecule has 2 atom stereocenters. The third kappa shape index (κ3) is 4.86. The molecule has 132 valence electrons. The van der Waals surface area contributed by atoms with E-state index < -0.39 is 17.7 Å². The zero-order valence-corrected chi connectivity index (χ0v) is 14.3. The Kier molecular flexibility index (Phi) is 5.66. The molecule has 1 saturated heterocycles. The summed E-state index contributed by atoms with van der Waals surface area (Å²) in [7, 11) is 0. The van der Waals surface area contributed by atoms with Crippen molar-refractivity contribution in [3.63, 3.8) is 0 Å². The van der Waals surface area contributed by atoms with Gasteiger partial charge in [0.05, 0.1) is 25.3 Å². The van der Waals surface area contributed by atoms with Crippen molar-refractivity contribution in [1.29, 1.82) is 0 Å². The molecule has 3 N–H and O–H groups in total. The second-order valence-corrected chi connectivity index (χ2v) is 6.83. The van der Waals surface area contributed by atoms with Gasteiger partial charge in [0.1, 0.15) is 5.60 Å². The Hall–Kier alpha value is -2.28. The van der Waals surface area contributed by atoms with Gasteiger partial charge in [0, 0.05) is 6.42 Å². The fraction of sp³-hybridized carbons (Fsp3) is 0.529. The second kappa shape index (κ2) is 7.53. The van der Waals surface area contributed by atoms with E-state index in [0.29, 0.717) is 19.6 Å². The monoisotopic (exact) mass is 335 g/mol. The van der Waals surface area contributed by atoms with Crippen LogP contribution in [0.1, 0.15) is 32.8 Å². The lowest BCUT2D eigenvalue weighted by Gasteiger charge is -2.27. The summed E-state index contributed by atoms with van der Waals surface area (Å²) < 4.78 is 11.3.